The first-order valence-corrected chi connectivity index (χ1v) is 8.10. The first-order valence-electron chi connectivity index (χ1n) is 6.59. The molecule has 0 N–H and O–H groups in total. The summed E-state index contributed by atoms with van der Waals surface area (Å²) in [5, 5.41) is 2.16. The van der Waals surface area contributed by atoms with Gasteiger partial charge < -0.3 is 4.74 Å². The van der Waals surface area contributed by atoms with Crippen LogP contribution in [0.3, 0.4) is 0 Å². The second-order valence-electron chi connectivity index (χ2n) is 5.38. The molecule has 1 fully saturated rings. The lowest BCUT2D eigenvalue weighted by Crippen LogP contribution is -2.42. The fourth-order valence-electron chi connectivity index (χ4n) is 2.58. The van der Waals surface area contributed by atoms with E-state index in [1.807, 2.05) is 11.3 Å². The van der Waals surface area contributed by atoms with Gasteiger partial charge in [0.05, 0.1) is 0 Å². The molecule has 1 unspecified atom stereocenters. The number of hydrogen-bond donors (Lipinski definition) is 1. The summed E-state index contributed by atoms with van der Waals surface area (Å²) in [6, 6.07) is 4.85. The summed E-state index contributed by atoms with van der Waals surface area (Å²) < 4.78 is 5.49. The molecule has 4 heteroatoms. The number of thiophene rings is 1. The molecule has 2 heterocycles. The summed E-state index contributed by atoms with van der Waals surface area (Å²) in [4.78, 5) is 3.91. The summed E-state index contributed by atoms with van der Waals surface area (Å²) >= 11 is 6.43. The molecule has 0 spiro atoms. The molecule has 1 aliphatic rings. The van der Waals surface area contributed by atoms with Crippen molar-refractivity contribution in [1.29, 1.82) is 0 Å². The van der Waals surface area contributed by atoms with Crippen molar-refractivity contribution in [2.75, 3.05) is 32.6 Å². The first kappa shape index (κ1) is 14.4. The number of nitrogens with zero attached hydrogens (tertiary/aromatic N) is 1. The molecule has 1 aliphatic heterocycles. The van der Waals surface area contributed by atoms with Gasteiger partial charge >= 0.3 is 0 Å². The highest BCUT2D eigenvalue weighted by atomic mass is 32.1. The van der Waals surface area contributed by atoms with E-state index in [4.69, 9.17) is 4.74 Å². The lowest BCUT2D eigenvalue weighted by atomic mass is 9.81. The predicted molar refractivity (Wildman–Crippen MR) is 81.7 cm³/mol. The molecule has 0 radical (unpaired) electrons. The topological polar surface area (TPSA) is 12.5 Å². The van der Waals surface area contributed by atoms with Crippen molar-refractivity contribution in [3.8, 4) is 0 Å². The molecule has 0 saturated carbocycles. The Morgan fingerprint density at radius 1 is 1.50 bits per heavy atom. The highest BCUT2D eigenvalue weighted by molar-refractivity contribution is 7.80. The number of rotatable bonds is 5. The van der Waals surface area contributed by atoms with E-state index in [0.717, 1.165) is 38.4 Å². The summed E-state index contributed by atoms with van der Waals surface area (Å²) in [6.45, 7) is 5.18. The van der Waals surface area contributed by atoms with Crippen molar-refractivity contribution in [3.05, 3.63) is 22.4 Å². The molecule has 1 aromatic heterocycles. The van der Waals surface area contributed by atoms with Gasteiger partial charge in [0.2, 0.25) is 0 Å². The third kappa shape index (κ3) is 3.29. The second kappa shape index (κ2) is 6.42. The van der Waals surface area contributed by atoms with Crippen LogP contribution in [-0.4, -0.2) is 37.5 Å². The monoisotopic (exact) mass is 285 g/mol. The Morgan fingerprint density at radius 3 is 2.78 bits per heavy atom. The maximum atomic E-state index is 5.49. The van der Waals surface area contributed by atoms with Crippen molar-refractivity contribution < 1.29 is 4.74 Å². The van der Waals surface area contributed by atoms with Gasteiger partial charge in [0, 0.05) is 30.7 Å². The maximum absolute atomic E-state index is 5.49. The summed E-state index contributed by atoms with van der Waals surface area (Å²) in [6.07, 6.45) is 2.27. The van der Waals surface area contributed by atoms with Gasteiger partial charge in [0.1, 0.15) is 0 Å². The minimum Gasteiger partial charge on any atom is -0.381 e. The minimum absolute atomic E-state index is 0.335. The molecule has 2 rings (SSSR count). The minimum atomic E-state index is 0.335. The predicted octanol–water partition coefficient (Wildman–Crippen LogP) is 3.47. The fraction of sp³-hybridized carbons (Fsp3) is 0.714. The van der Waals surface area contributed by atoms with E-state index in [1.54, 1.807) is 0 Å². The third-order valence-electron chi connectivity index (χ3n) is 4.09. The van der Waals surface area contributed by atoms with Crippen LogP contribution in [0, 0.1) is 5.41 Å². The van der Waals surface area contributed by atoms with Gasteiger partial charge in [-0.15, -0.1) is 11.3 Å². The van der Waals surface area contributed by atoms with Crippen LogP contribution in [0.1, 0.15) is 30.7 Å². The summed E-state index contributed by atoms with van der Waals surface area (Å²) in [5.74, 6) is 0.956. The largest absolute Gasteiger partial charge is 0.381 e. The number of hydrogen-bond acceptors (Lipinski definition) is 4. The molecule has 1 aromatic rings. The van der Waals surface area contributed by atoms with E-state index >= 15 is 0 Å². The smallest absolute Gasteiger partial charge is 0.0472 e. The summed E-state index contributed by atoms with van der Waals surface area (Å²) in [5.41, 5.74) is 0.335. The normalized spacial score (nSPS) is 21.1. The average molecular weight is 285 g/mol. The molecular formula is C14H23NOS2. The summed E-state index contributed by atoms with van der Waals surface area (Å²) in [7, 11) is 2.23. The molecular weight excluding hydrogens is 262 g/mol. The van der Waals surface area contributed by atoms with Gasteiger partial charge in [-0.1, -0.05) is 6.07 Å². The molecule has 1 atom stereocenters. The van der Waals surface area contributed by atoms with Crippen LogP contribution in [0.2, 0.25) is 0 Å². The van der Waals surface area contributed by atoms with Crippen molar-refractivity contribution in [1.82, 2.24) is 4.90 Å². The maximum Gasteiger partial charge on any atom is 0.0472 e. The molecule has 102 valence electrons. The molecule has 0 amide bonds. The van der Waals surface area contributed by atoms with E-state index in [9.17, 15) is 0 Å². The van der Waals surface area contributed by atoms with E-state index < -0.39 is 0 Å². The molecule has 0 aliphatic carbocycles. The van der Waals surface area contributed by atoms with Crippen LogP contribution >= 0.6 is 24.0 Å². The molecule has 0 aromatic carbocycles. The first-order chi connectivity index (χ1) is 8.67. The van der Waals surface area contributed by atoms with Gasteiger partial charge in [-0.2, -0.15) is 12.6 Å². The zero-order valence-electron chi connectivity index (χ0n) is 11.3. The van der Waals surface area contributed by atoms with Gasteiger partial charge in [0.25, 0.3) is 0 Å². The molecule has 2 nitrogen and oxygen atoms in total. The molecule has 0 bridgehead atoms. The van der Waals surface area contributed by atoms with Crippen molar-refractivity contribution in [2.45, 2.75) is 25.8 Å². The quantitative estimate of drug-likeness (QED) is 0.832. The fourth-order valence-corrected chi connectivity index (χ4v) is 3.85. The van der Waals surface area contributed by atoms with Crippen LogP contribution in [0.25, 0.3) is 0 Å². The van der Waals surface area contributed by atoms with Crippen molar-refractivity contribution in [3.63, 3.8) is 0 Å². The lowest BCUT2D eigenvalue weighted by Gasteiger charge is -2.40. The average Bonchev–Trinajstić information content (AvgIpc) is 2.92. The standard InChI is InChI=1S/C14H23NOS2/c1-12(13-4-3-9-18-13)15(2)10-14(11-17)5-7-16-8-6-14/h3-4,9,12,17H,5-8,10-11H2,1-2H3. The van der Waals surface area contributed by atoms with Crippen LogP contribution in [-0.2, 0) is 4.74 Å². The zero-order valence-corrected chi connectivity index (χ0v) is 13.0. The Kier molecular flexibility index (Phi) is 5.13. The Labute approximate surface area is 120 Å². The third-order valence-corrected chi connectivity index (χ3v) is 5.80. The Balaban J connectivity index is 1.98. The van der Waals surface area contributed by atoms with E-state index in [1.165, 1.54) is 4.88 Å². The Morgan fingerprint density at radius 2 is 2.22 bits per heavy atom. The van der Waals surface area contributed by atoms with E-state index in [-0.39, 0.29) is 0 Å². The van der Waals surface area contributed by atoms with Crippen molar-refractivity contribution in [2.24, 2.45) is 5.41 Å². The SMILES string of the molecule is CC(c1cccs1)N(C)CC1(CS)CCOCC1. The van der Waals surface area contributed by atoms with E-state index in [0.29, 0.717) is 11.5 Å². The molecule has 18 heavy (non-hydrogen) atoms. The van der Waals surface area contributed by atoms with Gasteiger partial charge in [-0.05, 0) is 49.4 Å². The van der Waals surface area contributed by atoms with Crippen LogP contribution < -0.4 is 0 Å². The highest BCUT2D eigenvalue weighted by Gasteiger charge is 2.33. The zero-order chi connectivity index (χ0) is 13.0. The van der Waals surface area contributed by atoms with Crippen LogP contribution in [0.15, 0.2) is 17.5 Å². The van der Waals surface area contributed by atoms with Gasteiger partial charge in [0.15, 0.2) is 0 Å². The number of ether oxygens (including phenoxy) is 1. The van der Waals surface area contributed by atoms with Gasteiger partial charge in [-0.3, -0.25) is 4.90 Å². The second-order valence-corrected chi connectivity index (χ2v) is 6.67. The Bertz CT molecular complexity index is 347. The van der Waals surface area contributed by atoms with Crippen LogP contribution in [0.4, 0.5) is 0 Å². The highest BCUT2D eigenvalue weighted by Crippen LogP contribution is 2.35. The number of thiol groups is 1. The Hall–Kier alpha value is -0.0300. The van der Waals surface area contributed by atoms with Crippen molar-refractivity contribution >= 4 is 24.0 Å². The molecule has 1 saturated heterocycles. The lowest BCUT2D eigenvalue weighted by molar-refractivity contribution is 0.00653. The van der Waals surface area contributed by atoms with Gasteiger partial charge in [-0.25, -0.2) is 0 Å². The van der Waals surface area contributed by atoms with Crippen LogP contribution in [0.5, 0.6) is 0 Å². The van der Waals surface area contributed by atoms with E-state index in [2.05, 4.69) is 49.0 Å².